The van der Waals surface area contributed by atoms with Crippen LogP contribution in [0.3, 0.4) is 0 Å². The van der Waals surface area contributed by atoms with E-state index in [2.05, 4.69) is 61.0 Å². The summed E-state index contributed by atoms with van der Waals surface area (Å²) in [4.78, 5) is 11.8. The van der Waals surface area contributed by atoms with Crippen LogP contribution in [0.2, 0.25) is 0 Å². The smallest absolute Gasteiger partial charge is 0.217 e. The third kappa shape index (κ3) is 6.84. The van der Waals surface area contributed by atoms with E-state index in [0.29, 0.717) is 5.56 Å². The van der Waals surface area contributed by atoms with Crippen molar-refractivity contribution in [2.75, 3.05) is 19.6 Å². The molecule has 2 aromatic rings. The number of piperidine rings is 1. The van der Waals surface area contributed by atoms with Gasteiger partial charge in [-0.1, -0.05) is 45.0 Å². The highest BCUT2D eigenvalue weighted by molar-refractivity contribution is 5.73. The van der Waals surface area contributed by atoms with Gasteiger partial charge in [-0.25, -0.2) is 8.78 Å². The number of carbonyl (C=O) groups excluding carboxylic acids is 1. The zero-order chi connectivity index (χ0) is 24.9. The maximum atomic E-state index is 13.7. The maximum absolute atomic E-state index is 13.7. The number of carbonyl (C=O) groups is 1. The quantitative estimate of drug-likeness (QED) is 0.473. The van der Waals surface area contributed by atoms with E-state index in [1.807, 2.05) is 0 Å². The summed E-state index contributed by atoms with van der Waals surface area (Å²) in [5.74, 6) is -1.68. The fraction of sp³-hybridized carbons (Fsp3) is 0.519. The highest BCUT2D eigenvalue weighted by Crippen LogP contribution is 2.33. The van der Waals surface area contributed by atoms with Crippen LogP contribution in [0.4, 0.5) is 8.78 Å². The molecule has 0 aliphatic carbocycles. The molecule has 1 aliphatic heterocycles. The van der Waals surface area contributed by atoms with Crippen LogP contribution < -0.4 is 16.0 Å². The van der Waals surface area contributed by atoms with Gasteiger partial charge < -0.3 is 21.1 Å². The molecule has 2 atom stereocenters. The number of aliphatic hydroxyl groups excluding tert-OH is 1. The third-order valence-corrected chi connectivity index (χ3v) is 6.62. The number of rotatable bonds is 8. The first kappa shape index (κ1) is 26.3. The molecule has 1 unspecified atom stereocenters. The second-order valence-corrected chi connectivity index (χ2v) is 10.4. The monoisotopic (exact) mass is 473 g/mol. The summed E-state index contributed by atoms with van der Waals surface area (Å²) in [6.07, 6.45) is 0.874. The summed E-state index contributed by atoms with van der Waals surface area (Å²) in [5, 5.41) is 20.8. The molecule has 0 saturated carbocycles. The number of halogens is 2. The number of amides is 1. The summed E-state index contributed by atoms with van der Waals surface area (Å²) in [5.41, 5.74) is 2.50. The van der Waals surface area contributed by atoms with Crippen molar-refractivity contribution in [1.82, 2.24) is 16.0 Å². The zero-order valence-electron chi connectivity index (χ0n) is 20.6. The van der Waals surface area contributed by atoms with Gasteiger partial charge in [0, 0.05) is 25.1 Å². The number of hydrogen-bond acceptors (Lipinski definition) is 4. The van der Waals surface area contributed by atoms with Crippen LogP contribution in [0.25, 0.3) is 0 Å². The molecule has 1 amide bonds. The Kier molecular flexibility index (Phi) is 8.44. The van der Waals surface area contributed by atoms with E-state index in [4.69, 9.17) is 0 Å². The van der Waals surface area contributed by atoms with Gasteiger partial charge in [-0.05, 0) is 66.6 Å². The van der Waals surface area contributed by atoms with Gasteiger partial charge in [0.05, 0.1) is 12.1 Å². The second-order valence-electron chi connectivity index (χ2n) is 10.4. The Morgan fingerprint density at radius 2 is 1.76 bits per heavy atom. The van der Waals surface area contributed by atoms with Crippen molar-refractivity contribution in [1.29, 1.82) is 0 Å². The largest absolute Gasteiger partial charge is 0.390 e. The van der Waals surface area contributed by atoms with Crippen LogP contribution >= 0.6 is 0 Å². The van der Waals surface area contributed by atoms with E-state index >= 15 is 0 Å². The molecule has 1 saturated heterocycles. The Labute approximate surface area is 201 Å². The molecule has 4 N–H and O–H groups in total. The Hall–Kier alpha value is -2.35. The summed E-state index contributed by atoms with van der Waals surface area (Å²) in [7, 11) is 0. The fourth-order valence-electron chi connectivity index (χ4n) is 4.67. The van der Waals surface area contributed by atoms with Crippen molar-refractivity contribution in [3.05, 3.63) is 70.8 Å². The average molecular weight is 474 g/mol. The molecule has 3 rings (SSSR count). The van der Waals surface area contributed by atoms with E-state index in [0.717, 1.165) is 32.0 Å². The topological polar surface area (TPSA) is 73.4 Å². The van der Waals surface area contributed by atoms with Crippen LogP contribution in [0.15, 0.2) is 42.5 Å². The van der Waals surface area contributed by atoms with Gasteiger partial charge in [0.2, 0.25) is 5.91 Å². The van der Waals surface area contributed by atoms with E-state index < -0.39 is 23.8 Å². The molecule has 7 heteroatoms. The van der Waals surface area contributed by atoms with E-state index in [1.54, 1.807) is 0 Å². The second kappa shape index (κ2) is 10.9. The summed E-state index contributed by atoms with van der Waals surface area (Å²) >= 11 is 0. The lowest BCUT2D eigenvalue weighted by Gasteiger charge is -2.41. The van der Waals surface area contributed by atoms with Crippen molar-refractivity contribution in [2.24, 2.45) is 0 Å². The fourth-order valence-corrected chi connectivity index (χ4v) is 4.67. The number of hydrogen-bond donors (Lipinski definition) is 4. The minimum Gasteiger partial charge on any atom is -0.390 e. The molecule has 0 radical (unpaired) electrons. The molecule has 0 bridgehead atoms. The summed E-state index contributed by atoms with van der Waals surface area (Å²) in [6.45, 7) is 9.85. The lowest BCUT2D eigenvalue weighted by atomic mass is 9.78. The molecule has 186 valence electrons. The van der Waals surface area contributed by atoms with Crippen LogP contribution in [0.5, 0.6) is 0 Å². The van der Waals surface area contributed by atoms with Gasteiger partial charge in [0.15, 0.2) is 0 Å². The number of nitrogens with one attached hydrogen (secondary N) is 3. The van der Waals surface area contributed by atoms with E-state index in [1.165, 1.54) is 30.2 Å². The Morgan fingerprint density at radius 3 is 2.35 bits per heavy atom. The zero-order valence-corrected chi connectivity index (χ0v) is 20.6. The molecule has 0 aromatic heterocycles. The molecule has 34 heavy (non-hydrogen) atoms. The van der Waals surface area contributed by atoms with Gasteiger partial charge in [0.25, 0.3) is 0 Å². The molecular weight excluding hydrogens is 436 g/mol. The van der Waals surface area contributed by atoms with Crippen LogP contribution in [-0.2, 0) is 22.2 Å². The van der Waals surface area contributed by atoms with Crippen molar-refractivity contribution < 1.29 is 18.7 Å². The number of aliphatic hydroxyl groups is 1. The number of benzene rings is 2. The molecule has 1 fully saturated rings. The molecular formula is C27H37F2N3O2. The summed E-state index contributed by atoms with van der Waals surface area (Å²) in [6, 6.07) is 11.2. The first-order chi connectivity index (χ1) is 16.0. The predicted molar refractivity (Wildman–Crippen MR) is 131 cm³/mol. The minimum atomic E-state index is -0.951. The van der Waals surface area contributed by atoms with Crippen molar-refractivity contribution in [3.63, 3.8) is 0 Å². The Morgan fingerprint density at radius 1 is 1.12 bits per heavy atom. The molecule has 2 aromatic carbocycles. The van der Waals surface area contributed by atoms with Crippen molar-refractivity contribution >= 4 is 5.91 Å². The minimum absolute atomic E-state index is 0.0143. The average Bonchev–Trinajstić information content (AvgIpc) is 2.76. The van der Waals surface area contributed by atoms with Gasteiger partial charge >= 0.3 is 0 Å². The highest BCUT2D eigenvalue weighted by Gasteiger charge is 2.35. The van der Waals surface area contributed by atoms with E-state index in [9.17, 15) is 18.7 Å². The highest BCUT2D eigenvalue weighted by atomic mass is 19.1. The first-order valence-electron chi connectivity index (χ1n) is 12.0. The van der Waals surface area contributed by atoms with Gasteiger partial charge in [0.1, 0.15) is 11.6 Å². The maximum Gasteiger partial charge on any atom is 0.217 e. The molecule has 5 nitrogen and oxygen atoms in total. The van der Waals surface area contributed by atoms with Gasteiger partial charge in [-0.15, -0.1) is 0 Å². The van der Waals surface area contributed by atoms with Crippen LogP contribution in [0, 0.1) is 11.6 Å². The molecule has 1 aliphatic rings. The van der Waals surface area contributed by atoms with E-state index in [-0.39, 0.29) is 29.8 Å². The van der Waals surface area contributed by atoms with Crippen molar-refractivity contribution in [2.45, 2.75) is 70.1 Å². The van der Waals surface area contributed by atoms with Crippen LogP contribution in [0.1, 0.15) is 57.2 Å². The van der Waals surface area contributed by atoms with Gasteiger partial charge in [-0.2, -0.15) is 0 Å². The third-order valence-electron chi connectivity index (χ3n) is 6.62. The van der Waals surface area contributed by atoms with Gasteiger partial charge in [-0.3, -0.25) is 4.79 Å². The first-order valence-corrected chi connectivity index (χ1v) is 12.0. The van der Waals surface area contributed by atoms with Crippen LogP contribution in [-0.4, -0.2) is 42.8 Å². The Balaban J connectivity index is 1.80. The lowest BCUT2D eigenvalue weighted by molar-refractivity contribution is -0.120. The standard InChI is InChI=1S/C27H37F2N3O2/c1-18(33)32-24(14-19-12-22(28)16-23(29)13-19)25(34)17-31-27(8-10-30-11-9-27)21-7-5-6-20(15-21)26(2,3)4/h5-7,12-13,15-16,24-25,30-31,34H,8-11,14,17H2,1-4H3,(H,32,33)/t24?,25-/m1/s1. The SMILES string of the molecule is CC(=O)NC(Cc1cc(F)cc(F)c1)[C@H](O)CNC1(c2cccc(C(C)(C)C)c2)CCNCC1. The predicted octanol–water partition coefficient (Wildman–Crippen LogP) is 3.54. The summed E-state index contributed by atoms with van der Waals surface area (Å²) < 4.78 is 27.4. The Bertz CT molecular complexity index is 964. The molecule has 0 spiro atoms. The lowest BCUT2D eigenvalue weighted by Crippen LogP contribution is -2.55. The molecule has 1 heterocycles. The normalized spacial score (nSPS) is 17.7. The van der Waals surface area contributed by atoms with Crippen molar-refractivity contribution in [3.8, 4) is 0 Å².